The van der Waals surface area contributed by atoms with Gasteiger partial charge in [-0.3, -0.25) is 0 Å². The molecule has 0 aliphatic rings. The van der Waals surface area contributed by atoms with Crippen LogP contribution in [0.15, 0.2) is 54.6 Å². The predicted octanol–water partition coefficient (Wildman–Crippen LogP) is 3.39. The minimum absolute atomic E-state index is 0.0736. The lowest BCUT2D eigenvalue weighted by Crippen LogP contribution is -2.39. The average molecular weight is 299 g/mol. The summed E-state index contributed by atoms with van der Waals surface area (Å²) < 4.78 is 10.7. The first-order valence-electron chi connectivity index (χ1n) is 7.56. The van der Waals surface area contributed by atoms with Gasteiger partial charge in [-0.2, -0.15) is 0 Å². The van der Waals surface area contributed by atoms with E-state index in [0.717, 1.165) is 18.8 Å². The minimum atomic E-state index is -0.0736. The summed E-state index contributed by atoms with van der Waals surface area (Å²) >= 11 is 0. The second kappa shape index (κ2) is 7.97. The fourth-order valence-electron chi connectivity index (χ4n) is 2.63. The van der Waals surface area contributed by atoms with Crippen LogP contribution in [0.1, 0.15) is 18.1 Å². The van der Waals surface area contributed by atoms with Crippen molar-refractivity contribution in [2.24, 2.45) is 0 Å². The van der Waals surface area contributed by atoms with Gasteiger partial charge in [0, 0.05) is 25.6 Å². The van der Waals surface area contributed by atoms with E-state index in [2.05, 4.69) is 48.6 Å². The molecule has 1 unspecified atom stereocenters. The first-order chi connectivity index (χ1) is 10.7. The molecular weight excluding hydrogens is 274 g/mol. The highest BCUT2D eigenvalue weighted by Crippen LogP contribution is 2.25. The Morgan fingerprint density at radius 3 is 2.23 bits per heavy atom. The quantitative estimate of drug-likeness (QED) is 0.810. The molecule has 3 nitrogen and oxygen atoms in total. The fraction of sp³-hybridized carbons (Fsp3) is 0.368. The van der Waals surface area contributed by atoms with Crippen LogP contribution in [0.5, 0.6) is 5.75 Å². The van der Waals surface area contributed by atoms with Gasteiger partial charge >= 0.3 is 0 Å². The van der Waals surface area contributed by atoms with Crippen molar-refractivity contribution < 1.29 is 9.47 Å². The van der Waals surface area contributed by atoms with Gasteiger partial charge < -0.3 is 14.8 Å². The van der Waals surface area contributed by atoms with Gasteiger partial charge in [0.15, 0.2) is 0 Å². The van der Waals surface area contributed by atoms with Crippen LogP contribution in [0.3, 0.4) is 0 Å². The molecule has 2 aromatic rings. The number of methoxy groups -OCH3 is 2. The summed E-state index contributed by atoms with van der Waals surface area (Å²) in [5.74, 6) is 0.876. The van der Waals surface area contributed by atoms with Crippen LogP contribution < -0.4 is 10.1 Å². The van der Waals surface area contributed by atoms with E-state index in [1.165, 1.54) is 11.1 Å². The standard InChI is InChI=1S/C19H25NO2/c1-19(15-21-2,17-9-11-18(22-3)12-10-17)14-20-13-16-7-5-4-6-8-16/h4-12,20H,13-15H2,1-3H3. The van der Waals surface area contributed by atoms with Gasteiger partial charge in [0.2, 0.25) is 0 Å². The average Bonchev–Trinajstić information content (AvgIpc) is 2.56. The summed E-state index contributed by atoms with van der Waals surface area (Å²) in [6.07, 6.45) is 0. The molecule has 0 fully saturated rings. The number of hydrogen-bond donors (Lipinski definition) is 1. The molecule has 0 aromatic heterocycles. The summed E-state index contributed by atoms with van der Waals surface area (Å²) in [6, 6.07) is 18.7. The number of ether oxygens (including phenoxy) is 2. The van der Waals surface area contributed by atoms with Crippen LogP contribution >= 0.6 is 0 Å². The molecule has 0 saturated heterocycles. The molecule has 1 N–H and O–H groups in total. The van der Waals surface area contributed by atoms with Gasteiger partial charge in [0.25, 0.3) is 0 Å². The van der Waals surface area contributed by atoms with Crippen LogP contribution in [0, 0.1) is 0 Å². The largest absolute Gasteiger partial charge is 0.497 e. The molecular formula is C19H25NO2. The Morgan fingerprint density at radius 1 is 0.955 bits per heavy atom. The van der Waals surface area contributed by atoms with E-state index in [0.29, 0.717) is 6.61 Å². The maximum Gasteiger partial charge on any atom is 0.118 e. The van der Waals surface area contributed by atoms with Gasteiger partial charge in [-0.15, -0.1) is 0 Å². The van der Waals surface area contributed by atoms with Crippen molar-refractivity contribution in [2.45, 2.75) is 18.9 Å². The highest BCUT2D eigenvalue weighted by molar-refractivity contribution is 5.32. The summed E-state index contributed by atoms with van der Waals surface area (Å²) in [6.45, 7) is 4.59. The highest BCUT2D eigenvalue weighted by atomic mass is 16.5. The van der Waals surface area contributed by atoms with Gasteiger partial charge in [-0.05, 0) is 23.3 Å². The second-order valence-electron chi connectivity index (χ2n) is 5.81. The molecule has 0 amide bonds. The summed E-state index contributed by atoms with van der Waals surface area (Å²) in [5.41, 5.74) is 2.46. The molecule has 3 heteroatoms. The van der Waals surface area contributed by atoms with Crippen molar-refractivity contribution >= 4 is 0 Å². The predicted molar refractivity (Wildman–Crippen MR) is 90.4 cm³/mol. The maximum atomic E-state index is 5.45. The Bertz CT molecular complexity index is 553. The van der Waals surface area contributed by atoms with E-state index in [9.17, 15) is 0 Å². The monoisotopic (exact) mass is 299 g/mol. The maximum absolute atomic E-state index is 5.45. The summed E-state index contributed by atoms with van der Waals surface area (Å²) in [4.78, 5) is 0. The molecule has 22 heavy (non-hydrogen) atoms. The fourth-order valence-corrected chi connectivity index (χ4v) is 2.63. The Kier molecular flexibility index (Phi) is 5.99. The molecule has 2 rings (SSSR count). The summed E-state index contributed by atoms with van der Waals surface area (Å²) in [7, 11) is 3.43. The molecule has 0 bridgehead atoms. The zero-order chi connectivity index (χ0) is 15.8. The zero-order valence-electron chi connectivity index (χ0n) is 13.6. The number of benzene rings is 2. The molecule has 0 aliphatic heterocycles. The van der Waals surface area contributed by atoms with Crippen molar-refractivity contribution in [1.82, 2.24) is 5.32 Å². The second-order valence-corrected chi connectivity index (χ2v) is 5.81. The normalized spacial score (nSPS) is 13.6. The first-order valence-corrected chi connectivity index (χ1v) is 7.56. The third-order valence-electron chi connectivity index (χ3n) is 3.94. The Hall–Kier alpha value is -1.84. The van der Waals surface area contributed by atoms with Crippen LogP contribution in [0.2, 0.25) is 0 Å². The molecule has 118 valence electrons. The number of nitrogens with one attached hydrogen (secondary N) is 1. The SMILES string of the molecule is COCC(C)(CNCc1ccccc1)c1ccc(OC)cc1. The van der Waals surface area contributed by atoms with Crippen LogP contribution in [-0.2, 0) is 16.7 Å². The van der Waals surface area contributed by atoms with E-state index in [4.69, 9.17) is 9.47 Å². The van der Waals surface area contributed by atoms with E-state index >= 15 is 0 Å². The number of hydrogen-bond acceptors (Lipinski definition) is 3. The zero-order valence-corrected chi connectivity index (χ0v) is 13.6. The van der Waals surface area contributed by atoms with Gasteiger partial charge in [-0.1, -0.05) is 49.4 Å². The Labute approximate surface area is 133 Å². The van der Waals surface area contributed by atoms with Crippen LogP contribution in [0.4, 0.5) is 0 Å². The van der Waals surface area contributed by atoms with Gasteiger partial charge in [-0.25, -0.2) is 0 Å². The molecule has 0 heterocycles. The lowest BCUT2D eigenvalue weighted by Gasteiger charge is -2.30. The molecule has 0 radical (unpaired) electrons. The topological polar surface area (TPSA) is 30.5 Å². The van der Waals surface area contributed by atoms with Gasteiger partial charge in [0.1, 0.15) is 5.75 Å². The van der Waals surface area contributed by atoms with Crippen LogP contribution in [0.25, 0.3) is 0 Å². The lowest BCUT2D eigenvalue weighted by atomic mass is 9.83. The minimum Gasteiger partial charge on any atom is -0.497 e. The third-order valence-corrected chi connectivity index (χ3v) is 3.94. The van der Waals surface area contributed by atoms with Crippen molar-refractivity contribution in [3.8, 4) is 5.75 Å². The molecule has 0 aliphatic carbocycles. The Morgan fingerprint density at radius 2 is 1.64 bits per heavy atom. The van der Waals surface area contributed by atoms with E-state index in [1.54, 1.807) is 14.2 Å². The lowest BCUT2D eigenvalue weighted by molar-refractivity contribution is 0.136. The van der Waals surface area contributed by atoms with Crippen molar-refractivity contribution in [2.75, 3.05) is 27.4 Å². The molecule has 0 spiro atoms. The molecule has 2 aromatic carbocycles. The first kappa shape index (κ1) is 16.5. The van der Waals surface area contributed by atoms with Crippen LogP contribution in [-0.4, -0.2) is 27.4 Å². The van der Waals surface area contributed by atoms with E-state index < -0.39 is 0 Å². The van der Waals surface area contributed by atoms with Gasteiger partial charge in [0.05, 0.1) is 13.7 Å². The smallest absolute Gasteiger partial charge is 0.118 e. The number of rotatable bonds is 8. The Balaban J connectivity index is 2.03. The molecule has 0 saturated carbocycles. The van der Waals surface area contributed by atoms with Crippen molar-refractivity contribution in [3.63, 3.8) is 0 Å². The molecule has 1 atom stereocenters. The van der Waals surface area contributed by atoms with E-state index in [-0.39, 0.29) is 5.41 Å². The third kappa shape index (κ3) is 4.33. The summed E-state index contributed by atoms with van der Waals surface area (Å²) in [5, 5.41) is 3.54. The van der Waals surface area contributed by atoms with E-state index in [1.807, 2.05) is 18.2 Å². The van der Waals surface area contributed by atoms with Crippen molar-refractivity contribution in [1.29, 1.82) is 0 Å². The highest BCUT2D eigenvalue weighted by Gasteiger charge is 2.26. The van der Waals surface area contributed by atoms with Crippen molar-refractivity contribution in [3.05, 3.63) is 65.7 Å².